The summed E-state index contributed by atoms with van der Waals surface area (Å²) in [4.78, 5) is 16.5. The molecule has 2 aromatic heterocycles. The topological polar surface area (TPSA) is 79.0 Å². The number of nitrogens with zero attached hydrogens (tertiary/aromatic N) is 1. The number of aromatic amines is 1. The van der Waals surface area contributed by atoms with Gasteiger partial charge in [0.05, 0.1) is 34.1 Å². The van der Waals surface area contributed by atoms with Crippen LogP contribution in [-0.4, -0.2) is 28.6 Å². The molecule has 3 heterocycles. The average Bonchev–Trinajstić information content (AvgIpc) is 3.24. The van der Waals surface area contributed by atoms with Crippen molar-refractivity contribution in [2.45, 2.75) is 52.5 Å². The predicted octanol–water partition coefficient (Wildman–Crippen LogP) is 6.88. The first-order valence-electron chi connectivity index (χ1n) is 12.4. The van der Waals surface area contributed by atoms with E-state index in [2.05, 4.69) is 26.1 Å². The van der Waals surface area contributed by atoms with Crippen LogP contribution in [0, 0.1) is 20.8 Å². The molecule has 2 aromatic carbocycles. The fraction of sp³-hybridized carbons (Fsp3) is 0.357. The Bertz CT molecular complexity index is 1440. The summed E-state index contributed by atoms with van der Waals surface area (Å²) in [6.45, 7) is 7.61. The first-order chi connectivity index (χ1) is 17.4. The van der Waals surface area contributed by atoms with Gasteiger partial charge in [0.1, 0.15) is 10.8 Å². The smallest absolute Gasteiger partial charge is 0.260 e. The number of aryl methyl sites for hydroxylation is 3. The molecule has 3 N–H and O–H groups in total. The molecule has 5 rings (SSSR count). The maximum atomic E-state index is 13.4. The zero-order chi connectivity index (χ0) is 25.2. The number of anilines is 2. The van der Waals surface area contributed by atoms with Gasteiger partial charge in [0, 0.05) is 11.4 Å². The van der Waals surface area contributed by atoms with Gasteiger partial charge in [-0.2, -0.15) is 4.37 Å². The van der Waals surface area contributed by atoms with Crippen LogP contribution < -0.4 is 20.9 Å². The van der Waals surface area contributed by atoms with Gasteiger partial charge in [0.25, 0.3) is 5.56 Å². The highest BCUT2D eigenvalue weighted by molar-refractivity contribution is 7.10. The molecule has 0 spiro atoms. The Kier molecular flexibility index (Phi) is 7.32. The molecule has 1 saturated heterocycles. The molecule has 0 bridgehead atoms. The summed E-state index contributed by atoms with van der Waals surface area (Å²) in [6.07, 6.45) is 4.51. The van der Waals surface area contributed by atoms with Crippen LogP contribution in [0.3, 0.4) is 0 Å². The van der Waals surface area contributed by atoms with Crippen molar-refractivity contribution in [3.8, 4) is 16.9 Å². The Labute approximate surface area is 220 Å². The molecular weight excluding hydrogens is 492 g/mol. The Hall–Kier alpha value is -2.87. The van der Waals surface area contributed by atoms with E-state index in [1.165, 1.54) is 24.4 Å². The minimum atomic E-state index is -0.187. The lowest BCUT2D eigenvalue weighted by Gasteiger charge is -2.24. The molecule has 4 aromatic rings. The summed E-state index contributed by atoms with van der Waals surface area (Å²) in [5.41, 5.74) is 5.74. The van der Waals surface area contributed by atoms with Crippen molar-refractivity contribution in [1.29, 1.82) is 0 Å². The Morgan fingerprint density at radius 3 is 2.61 bits per heavy atom. The van der Waals surface area contributed by atoms with Gasteiger partial charge in [0.2, 0.25) is 0 Å². The standard InChI is InChI=1S/C28H31ClN4O2S/c1-16-10-17(2)12-19(11-16)26-27(35-9-7-20-6-4-5-8-30-20)21-14-24(31-25-13-18(3)33-36-25)22(29)15-23(21)32-28(26)34/h10-15,20,30-31H,4-9H2,1-3H3,(H,32,34)/t20-/m0/s1. The summed E-state index contributed by atoms with van der Waals surface area (Å²) in [5, 5.41) is 9.19. The Balaban J connectivity index is 1.61. The van der Waals surface area contributed by atoms with Crippen molar-refractivity contribution in [3.05, 3.63) is 68.6 Å². The molecule has 36 heavy (non-hydrogen) atoms. The van der Waals surface area contributed by atoms with Gasteiger partial charge < -0.3 is 20.4 Å². The van der Waals surface area contributed by atoms with Crippen molar-refractivity contribution in [3.63, 3.8) is 0 Å². The van der Waals surface area contributed by atoms with Crippen molar-refractivity contribution in [2.24, 2.45) is 0 Å². The van der Waals surface area contributed by atoms with E-state index in [9.17, 15) is 4.79 Å². The normalized spacial score (nSPS) is 15.8. The molecule has 0 saturated carbocycles. The summed E-state index contributed by atoms with van der Waals surface area (Å²) in [5.74, 6) is 0.592. The van der Waals surface area contributed by atoms with Gasteiger partial charge in [-0.15, -0.1) is 0 Å². The lowest BCUT2D eigenvalue weighted by molar-refractivity contribution is 0.271. The van der Waals surface area contributed by atoms with E-state index in [1.54, 1.807) is 6.07 Å². The number of aromatic nitrogens is 2. The number of hydrogen-bond donors (Lipinski definition) is 3. The highest BCUT2D eigenvalue weighted by atomic mass is 35.5. The molecular formula is C28H31ClN4O2S. The SMILES string of the molecule is Cc1cc(C)cc(-c2c(OCC[C@@H]3CCCCN3)c3cc(Nc4cc(C)ns4)c(Cl)cc3[nH]c2=O)c1. The largest absolute Gasteiger partial charge is 0.492 e. The second-order valence-electron chi connectivity index (χ2n) is 9.65. The number of pyridine rings is 1. The quantitative estimate of drug-likeness (QED) is 0.246. The van der Waals surface area contributed by atoms with Gasteiger partial charge in [-0.1, -0.05) is 47.3 Å². The molecule has 1 fully saturated rings. The van der Waals surface area contributed by atoms with E-state index in [0.717, 1.165) is 57.8 Å². The lowest BCUT2D eigenvalue weighted by Crippen LogP contribution is -2.35. The lowest BCUT2D eigenvalue weighted by atomic mass is 9.99. The van der Waals surface area contributed by atoms with Crippen LogP contribution in [-0.2, 0) is 0 Å². The van der Waals surface area contributed by atoms with E-state index < -0.39 is 0 Å². The minimum absolute atomic E-state index is 0.187. The van der Waals surface area contributed by atoms with Gasteiger partial charge in [-0.25, -0.2) is 0 Å². The van der Waals surface area contributed by atoms with Crippen LogP contribution >= 0.6 is 23.1 Å². The maximum Gasteiger partial charge on any atom is 0.260 e. The fourth-order valence-electron chi connectivity index (χ4n) is 4.94. The van der Waals surface area contributed by atoms with Crippen LogP contribution in [0.2, 0.25) is 5.02 Å². The maximum absolute atomic E-state index is 13.4. The molecule has 8 heteroatoms. The van der Waals surface area contributed by atoms with Gasteiger partial charge in [-0.05, 0) is 81.9 Å². The number of rotatable bonds is 7. The number of H-pyrrole nitrogens is 1. The first kappa shape index (κ1) is 24.8. The first-order valence-corrected chi connectivity index (χ1v) is 13.6. The number of ether oxygens (including phenoxy) is 1. The summed E-state index contributed by atoms with van der Waals surface area (Å²) in [6, 6.07) is 12.3. The Morgan fingerprint density at radius 1 is 1.11 bits per heavy atom. The molecule has 0 amide bonds. The van der Waals surface area contributed by atoms with E-state index in [4.69, 9.17) is 16.3 Å². The van der Waals surface area contributed by atoms with E-state index in [0.29, 0.717) is 34.5 Å². The molecule has 0 radical (unpaired) electrons. The van der Waals surface area contributed by atoms with Gasteiger partial charge in [0.15, 0.2) is 0 Å². The van der Waals surface area contributed by atoms with Gasteiger partial charge >= 0.3 is 0 Å². The highest BCUT2D eigenvalue weighted by Gasteiger charge is 2.20. The zero-order valence-electron chi connectivity index (χ0n) is 20.8. The number of hydrogen-bond acceptors (Lipinski definition) is 6. The Morgan fingerprint density at radius 2 is 1.92 bits per heavy atom. The molecule has 1 atom stereocenters. The second-order valence-corrected chi connectivity index (χ2v) is 10.9. The average molecular weight is 523 g/mol. The van der Waals surface area contributed by atoms with Crippen LogP contribution in [0.15, 0.2) is 41.2 Å². The third-order valence-corrected chi connectivity index (χ3v) is 7.68. The number of nitrogens with one attached hydrogen (secondary N) is 3. The van der Waals surface area contributed by atoms with Crippen LogP contribution in [0.25, 0.3) is 22.0 Å². The van der Waals surface area contributed by atoms with E-state index in [-0.39, 0.29) is 5.56 Å². The summed E-state index contributed by atoms with van der Waals surface area (Å²) < 4.78 is 10.8. The zero-order valence-corrected chi connectivity index (χ0v) is 22.4. The van der Waals surface area contributed by atoms with E-state index >= 15 is 0 Å². The molecule has 1 aliphatic rings. The van der Waals surface area contributed by atoms with Crippen molar-refractivity contribution in [1.82, 2.24) is 14.7 Å². The number of piperidine rings is 1. The van der Waals surface area contributed by atoms with Crippen LogP contribution in [0.4, 0.5) is 10.7 Å². The predicted molar refractivity (Wildman–Crippen MR) is 150 cm³/mol. The van der Waals surface area contributed by atoms with Gasteiger partial charge in [-0.3, -0.25) is 4.79 Å². The van der Waals surface area contributed by atoms with Crippen molar-refractivity contribution in [2.75, 3.05) is 18.5 Å². The summed E-state index contributed by atoms with van der Waals surface area (Å²) >= 11 is 8.00. The van der Waals surface area contributed by atoms with Crippen molar-refractivity contribution >= 4 is 44.7 Å². The number of benzene rings is 2. The highest BCUT2D eigenvalue weighted by Crippen LogP contribution is 2.39. The molecule has 0 unspecified atom stereocenters. The minimum Gasteiger partial charge on any atom is -0.492 e. The molecule has 1 aliphatic heterocycles. The van der Waals surface area contributed by atoms with Crippen LogP contribution in [0.1, 0.15) is 42.5 Å². The van der Waals surface area contributed by atoms with E-state index in [1.807, 2.05) is 45.0 Å². The van der Waals surface area contributed by atoms with Crippen LogP contribution in [0.5, 0.6) is 5.75 Å². The third-order valence-electron chi connectivity index (χ3n) is 6.58. The third kappa shape index (κ3) is 5.43. The van der Waals surface area contributed by atoms with Crippen molar-refractivity contribution < 1.29 is 4.74 Å². The fourth-order valence-corrected chi connectivity index (χ4v) is 5.83. The molecule has 0 aliphatic carbocycles. The number of fused-ring (bicyclic) bond motifs is 1. The second kappa shape index (κ2) is 10.6. The summed E-state index contributed by atoms with van der Waals surface area (Å²) in [7, 11) is 0. The monoisotopic (exact) mass is 522 g/mol. The number of halogens is 1. The molecule has 188 valence electrons. The molecule has 6 nitrogen and oxygen atoms in total.